The summed E-state index contributed by atoms with van der Waals surface area (Å²) in [6.45, 7) is 6.34. The Morgan fingerprint density at radius 2 is 1.77 bits per heavy atom. The first-order valence-corrected chi connectivity index (χ1v) is 12.2. The van der Waals surface area contributed by atoms with Crippen LogP contribution in [0.5, 0.6) is 0 Å². The molecule has 7 heteroatoms. The van der Waals surface area contributed by atoms with E-state index in [2.05, 4.69) is 19.2 Å². The van der Waals surface area contributed by atoms with E-state index in [1.165, 1.54) is 0 Å². The van der Waals surface area contributed by atoms with Gasteiger partial charge in [-0.05, 0) is 43.5 Å². The van der Waals surface area contributed by atoms with Gasteiger partial charge in [-0.1, -0.05) is 74.5 Å². The Morgan fingerprint density at radius 3 is 2.37 bits per heavy atom. The lowest BCUT2D eigenvalue weighted by Gasteiger charge is -2.25. The number of nitrogens with one attached hydrogen (secondary N) is 1. The highest BCUT2D eigenvalue weighted by molar-refractivity contribution is 7.92. The number of amides is 1. The Bertz CT molecular complexity index is 930. The van der Waals surface area contributed by atoms with Gasteiger partial charge in [0, 0.05) is 6.54 Å². The molecule has 0 saturated carbocycles. The van der Waals surface area contributed by atoms with Crippen molar-refractivity contribution in [2.45, 2.75) is 51.3 Å². The number of hydrogen-bond donors (Lipinski definition) is 1. The van der Waals surface area contributed by atoms with E-state index in [1.54, 1.807) is 48.5 Å². The van der Waals surface area contributed by atoms with Crippen molar-refractivity contribution in [3.05, 3.63) is 59.1 Å². The summed E-state index contributed by atoms with van der Waals surface area (Å²) >= 11 is 6.29. The Hall–Kier alpha value is -2.05. The number of anilines is 1. The fourth-order valence-corrected chi connectivity index (χ4v) is 4.91. The molecule has 0 heterocycles. The monoisotopic (exact) mass is 450 g/mol. The van der Waals surface area contributed by atoms with Crippen molar-refractivity contribution in [3.63, 3.8) is 0 Å². The van der Waals surface area contributed by atoms with Crippen LogP contribution in [0.4, 0.5) is 5.69 Å². The van der Waals surface area contributed by atoms with Gasteiger partial charge in [0.2, 0.25) is 5.91 Å². The van der Waals surface area contributed by atoms with Gasteiger partial charge >= 0.3 is 0 Å². The van der Waals surface area contributed by atoms with E-state index in [0.29, 0.717) is 12.5 Å². The summed E-state index contributed by atoms with van der Waals surface area (Å²) < 4.78 is 27.8. The molecule has 1 N–H and O–H groups in total. The molecule has 0 bridgehead atoms. The lowest BCUT2D eigenvalue weighted by molar-refractivity contribution is -0.119. The first-order chi connectivity index (χ1) is 14.3. The van der Waals surface area contributed by atoms with Crippen LogP contribution in [0.15, 0.2) is 53.4 Å². The van der Waals surface area contributed by atoms with Crippen LogP contribution in [-0.4, -0.2) is 27.4 Å². The molecule has 0 saturated heterocycles. The zero-order valence-electron chi connectivity index (χ0n) is 17.9. The molecule has 0 fully saturated rings. The molecule has 5 nitrogen and oxygen atoms in total. The summed E-state index contributed by atoms with van der Waals surface area (Å²) in [5.41, 5.74) is 1.24. The van der Waals surface area contributed by atoms with Gasteiger partial charge in [-0.2, -0.15) is 0 Å². The van der Waals surface area contributed by atoms with Gasteiger partial charge in [-0.15, -0.1) is 0 Å². The number of sulfonamides is 1. The molecule has 0 aliphatic heterocycles. The van der Waals surface area contributed by atoms with Gasteiger partial charge in [-0.3, -0.25) is 9.10 Å². The maximum atomic E-state index is 13.4. The largest absolute Gasteiger partial charge is 0.354 e. The second kappa shape index (κ2) is 11.4. The number of aryl methyl sites for hydroxylation is 1. The summed E-state index contributed by atoms with van der Waals surface area (Å²) in [5, 5.41) is 3.18. The Morgan fingerprint density at radius 1 is 1.10 bits per heavy atom. The van der Waals surface area contributed by atoms with Gasteiger partial charge < -0.3 is 5.32 Å². The third-order valence-corrected chi connectivity index (χ3v) is 7.24. The van der Waals surface area contributed by atoms with E-state index in [1.807, 2.05) is 6.92 Å². The zero-order valence-corrected chi connectivity index (χ0v) is 19.5. The number of carbonyl (C=O) groups excluding carboxylic acids is 1. The van der Waals surface area contributed by atoms with E-state index in [9.17, 15) is 13.2 Å². The summed E-state index contributed by atoms with van der Waals surface area (Å²) in [4.78, 5) is 12.8. The van der Waals surface area contributed by atoms with Crippen LogP contribution in [0.1, 0.15) is 45.1 Å². The molecule has 164 valence electrons. The second-order valence-electron chi connectivity index (χ2n) is 7.50. The number of hydrogen-bond acceptors (Lipinski definition) is 3. The number of carbonyl (C=O) groups is 1. The molecule has 2 aromatic rings. The van der Waals surface area contributed by atoms with Crippen LogP contribution in [0.3, 0.4) is 0 Å². The van der Waals surface area contributed by atoms with Crippen LogP contribution in [0, 0.1) is 12.8 Å². The van der Waals surface area contributed by atoms with E-state index >= 15 is 0 Å². The van der Waals surface area contributed by atoms with Crippen molar-refractivity contribution in [1.82, 2.24) is 5.32 Å². The number of benzene rings is 2. The number of halogens is 1. The van der Waals surface area contributed by atoms with Gasteiger partial charge in [0.25, 0.3) is 10.0 Å². The van der Waals surface area contributed by atoms with Gasteiger partial charge in [-0.25, -0.2) is 8.42 Å². The van der Waals surface area contributed by atoms with Crippen LogP contribution in [0.2, 0.25) is 5.02 Å². The molecular weight excluding hydrogens is 420 g/mol. The normalized spacial score (nSPS) is 12.4. The first-order valence-electron chi connectivity index (χ1n) is 10.4. The molecule has 0 aliphatic carbocycles. The highest BCUT2D eigenvalue weighted by Gasteiger charge is 2.28. The molecule has 0 spiro atoms. The van der Waals surface area contributed by atoms with E-state index in [4.69, 9.17) is 11.6 Å². The molecule has 2 rings (SSSR count). The topological polar surface area (TPSA) is 66.5 Å². The minimum Gasteiger partial charge on any atom is -0.354 e. The summed E-state index contributed by atoms with van der Waals surface area (Å²) in [6.07, 6.45) is 4.24. The highest BCUT2D eigenvalue weighted by atomic mass is 35.5. The van der Waals surface area contributed by atoms with Crippen molar-refractivity contribution >= 4 is 33.2 Å². The molecule has 0 aliphatic rings. The van der Waals surface area contributed by atoms with Gasteiger partial charge in [0.05, 0.1) is 15.6 Å². The van der Waals surface area contributed by atoms with Crippen LogP contribution >= 0.6 is 11.6 Å². The lowest BCUT2D eigenvalue weighted by Crippen LogP contribution is -2.42. The third-order valence-electron chi connectivity index (χ3n) is 5.15. The summed E-state index contributed by atoms with van der Waals surface area (Å²) in [7, 11) is -3.96. The fraction of sp³-hybridized carbons (Fsp3) is 0.435. The summed E-state index contributed by atoms with van der Waals surface area (Å²) in [6, 6.07) is 13.2. The first kappa shape index (κ1) is 24.2. The Balaban J connectivity index is 2.26. The Kier molecular flexibility index (Phi) is 9.18. The van der Waals surface area contributed by atoms with Crippen molar-refractivity contribution < 1.29 is 13.2 Å². The molecule has 1 atom stereocenters. The molecule has 1 unspecified atom stereocenters. The Labute approximate surface area is 185 Å². The number of para-hydroxylation sites is 1. The van der Waals surface area contributed by atoms with Crippen molar-refractivity contribution in [2.24, 2.45) is 5.92 Å². The molecule has 30 heavy (non-hydrogen) atoms. The molecule has 0 aromatic heterocycles. The van der Waals surface area contributed by atoms with Crippen LogP contribution in [-0.2, 0) is 14.8 Å². The predicted molar refractivity (Wildman–Crippen MR) is 123 cm³/mol. The lowest BCUT2D eigenvalue weighted by atomic mass is 9.99. The fourth-order valence-electron chi connectivity index (χ4n) is 3.18. The molecule has 2 aromatic carbocycles. The average molecular weight is 451 g/mol. The van der Waals surface area contributed by atoms with Gasteiger partial charge in [0.15, 0.2) is 0 Å². The number of nitrogens with zero attached hydrogens (tertiary/aromatic N) is 1. The summed E-state index contributed by atoms with van der Waals surface area (Å²) in [5.74, 6) is 0.0388. The van der Waals surface area contributed by atoms with Crippen molar-refractivity contribution in [1.29, 1.82) is 0 Å². The smallest absolute Gasteiger partial charge is 0.264 e. The number of unbranched alkanes of at least 4 members (excludes halogenated alkanes) is 1. The third kappa shape index (κ3) is 6.47. The van der Waals surface area contributed by atoms with Crippen LogP contribution in [0.25, 0.3) is 0 Å². The second-order valence-corrected chi connectivity index (χ2v) is 9.77. The predicted octanol–water partition coefficient (Wildman–Crippen LogP) is 5.18. The van der Waals surface area contributed by atoms with E-state index in [-0.39, 0.29) is 28.1 Å². The molecule has 0 radical (unpaired) electrons. The minimum absolute atomic E-state index is 0.121. The molecule has 1 amide bonds. The highest BCUT2D eigenvalue weighted by Crippen LogP contribution is 2.30. The minimum atomic E-state index is -3.96. The maximum Gasteiger partial charge on any atom is 0.264 e. The van der Waals surface area contributed by atoms with Crippen LogP contribution < -0.4 is 9.62 Å². The van der Waals surface area contributed by atoms with E-state index in [0.717, 1.165) is 35.6 Å². The van der Waals surface area contributed by atoms with Crippen molar-refractivity contribution in [3.8, 4) is 0 Å². The SMILES string of the molecule is CCCCC(CC)CNC(=O)CN(c1ccccc1Cl)S(=O)(=O)c1ccc(C)cc1. The molecular formula is C23H31ClN2O3S. The standard InChI is InChI=1S/C23H31ClN2O3S/c1-4-6-9-19(5-2)16-25-23(27)17-26(22-11-8-7-10-21(22)24)30(28,29)20-14-12-18(3)13-15-20/h7-8,10-15,19H,4-6,9,16-17H2,1-3H3,(H,25,27). The quantitative estimate of drug-likeness (QED) is 0.513. The van der Waals surface area contributed by atoms with E-state index < -0.39 is 10.0 Å². The van der Waals surface area contributed by atoms with Crippen molar-refractivity contribution in [2.75, 3.05) is 17.4 Å². The zero-order chi connectivity index (χ0) is 22.1. The van der Waals surface area contributed by atoms with Gasteiger partial charge in [0.1, 0.15) is 6.54 Å². The number of rotatable bonds is 11. The maximum absolute atomic E-state index is 13.4. The average Bonchev–Trinajstić information content (AvgIpc) is 2.73.